The number of halogens is 1. The van der Waals surface area contributed by atoms with Crippen molar-refractivity contribution in [3.63, 3.8) is 0 Å². The zero-order valence-electron chi connectivity index (χ0n) is 15.4. The van der Waals surface area contributed by atoms with E-state index in [1.54, 1.807) is 36.4 Å². The van der Waals surface area contributed by atoms with Gasteiger partial charge in [0.25, 0.3) is 5.69 Å². The van der Waals surface area contributed by atoms with Crippen molar-refractivity contribution in [2.24, 2.45) is 0 Å². The first-order valence-corrected chi connectivity index (χ1v) is 9.20. The minimum atomic E-state index is -0.366. The van der Waals surface area contributed by atoms with Crippen LogP contribution in [-0.4, -0.2) is 55.6 Å². The summed E-state index contributed by atoms with van der Waals surface area (Å²) in [6.45, 7) is 2.76. The van der Waals surface area contributed by atoms with Crippen LogP contribution in [0, 0.1) is 10.1 Å². The molecular formula is C19H21ClN4O4. The maximum Gasteiger partial charge on any atom is 0.292 e. The number of carbonyl (C=O) groups is 1. The van der Waals surface area contributed by atoms with E-state index >= 15 is 0 Å². The van der Waals surface area contributed by atoms with E-state index in [1.165, 1.54) is 13.2 Å². The number of anilines is 2. The Morgan fingerprint density at radius 3 is 2.57 bits per heavy atom. The molecule has 0 unspecified atom stereocenters. The largest absolute Gasteiger partial charge is 0.495 e. The van der Waals surface area contributed by atoms with Crippen LogP contribution in [0.15, 0.2) is 42.5 Å². The number of benzene rings is 2. The molecule has 2 aromatic carbocycles. The van der Waals surface area contributed by atoms with Gasteiger partial charge in [-0.15, -0.1) is 0 Å². The van der Waals surface area contributed by atoms with Gasteiger partial charge >= 0.3 is 0 Å². The van der Waals surface area contributed by atoms with Crippen molar-refractivity contribution >= 4 is 34.6 Å². The first-order valence-electron chi connectivity index (χ1n) is 8.82. The second-order valence-electron chi connectivity index (χ2n) is 6.41. The molecule has 3 rings (SSSR count). The fourth-order valence-corrected chi connectivity index (χ4v) is 3.44. The van der Waals surface area contributed by atoms with Crippen molar-refractivity contribution in [1.82, 2.24) is 4.90 Å². The molecule has 1 fully saturated rings. The van der Waals surface area contributed by atoms with Gasteiger partial charge in [-0.05, 0) is 24.3 Å². The van der Waals surface area contributed by atoms with Gasteiger partial charge < -0.3 is 15.0 Å². The quantitative estimate of drug-likeness (QED) is 0.588. The van der Waals surface area contributed by atoms with Gasteiger partial charge in [0, 0.05) is 37.9 Å². The van der Waals surface area contributed by atoms with Gasteiger partial charge in [-0.25, -0.2) is 0 Å². The summed E-state index contributed by atoms with van der Waals surface area (Å²) in [5.41, 5.74) is 1.32. The van der Waals surface area contributed by atoms with Crippen LogP contribution in [-0.2, 0) is 4.79 Å². The zero-order valence-corrected chi connectivity index (χ0v) is 16.2. The number of methoxy groups -OCH3 is 1. The summed E-state index contributed by atoms with van der Waals surface area (Å²) in [5.74, 6) is 0.408. The summed E-state index contributed by atoms with van der Waals surface area (Å²) in [6, 6.07) is 11.8. The third-order valence-corrected chi connectivity index (χ3v) is 4.89. The number of nitro benzene ring substituents is 1. The van der Waals surface area contributed by atoms with Crippen molar-refractivity contribution in [1.29, 1.82) is 0 Å². The van der Waals surface area contributed by atoms with E-state index in [9.17, 15) is 14.9 Å². The van der Waals surface area contributed by atoms with Crippen molar-refractivity contribution < 1.29 is 14.5 Å². The highest BCUT2D eigenvalue weighted by Crippen LogP contribution is 2.29. The molecule has 1 amide bonds. The molecular weight excluding hydrogens is 384 g/mol. The molecule has 0 radical (unpaired) electrons. The lowest BCUT2D eigenvalue weighted by Crippen LogP contribution is -2.48. The number of amides is 1. The topological polar surface area (TPSA) is 88.0 Å². The summed E-state index contributed by atoms with van der Waals surface area (Å²) in [7, 11) is 1.53. The van der Waals surface area contributed by atoms with E-state index in [0.29, 0.717) is 48.3 Å². The van der Waals surface area contributed by atoms with Crippen LogP contribution < -0.4 is 15.0 Å². The lowest BCUT2D eigenvalue weighted by molar-refractivity contribution is -0.384. The molecule has 0 saturated carbocycles. The number of rotatable bonds is 6. The number of nitro groups is 1. The van der Waals surface area contributed by atoms with E-state index in [-0.39, 0.29) is 23.1 Å². The van der Waals surface area contributed by atoms with Gasteiger partial charge in [0.05, 0.1) is 23.6 Å². The van der Waals surface area contributed by atoms with Crippen molar-refractivity contribution in [3.05, 3.63) is 57.6 Å². The first-order chi connectivity index (χ1) is 13.5. The molecule has 0 bridgehead atoms. The van der Waals surface area contributed by atoms with Crippen LogP contribution in [0.1, 0.15) is 0 Å². The van der Waals surface area contributed by atoms with Crippen molar-refractivity contribution in [2.75, 3.05) is 50.1 Å². The summed E-state index contributed by atoms with van der Waals surface area (Å²) in [4.78, 5) is 27.2. The molecule has 148 valence electrons. The van der Waals surface area contributed by atoms with Gasteiger partial charge in [0.1, 0.15) is 11.4 Å². The Bertz CT molecular complexity index is 869. The SMILES string of the molecule is COc1ccc(NC(=O)CN2CCN(c3ccccc3[N+](=O)[O-])CC2)cc1Cl. The monoisotopic (exact) mass is 404 g/mol. The second kappa shape index (κ2) is 8.90. The number of carbonyl (C=O) groups excluding carboxylic acids is 1. The number of hydrogen-bond acceptors (Lipinski definition) is 6. The highest BCUT2D eigenvalue weighted by atomic mass is 35.5. The maximum atomic E-state index is 12.3. The van der Waals surface area contributed by atoms with Gasteiger partial charge in [-0.2, -0.15) is 0 Å². The van der Waals surface area contributed by atoms with Crippen molar-refractivity contribution in [2.45, 2.75) is 0 Å². The highest BCUT2D eigenvalue weighted by Gasteiger charge is 2.24. The Labute approximate surface area is 167 Å². The van der Waals surface area contributed by atoms with Crippen LogP contribution >= 0.6 is 11.6 Å². The molecule has 0 aromatic heterocycles. The van der Waals surface area contributed by atoms with Gasteiger partial charge in [0.2, 0.25) is 5.91 Å². The predicted molar refractivity (Wildman–Crippen MR) is 108 cm³/mol. The maximum absolute atomic E-state index is 12.3. The molecule has 1 saturated heterocycles. The average Bonchev–Trinajstić information content (AvgIpc) is 2.68. The second-order valence-corrected chi connectivity index (χ2v) is 6.81. The number of nitrogens with zero attached hydrogens (tertiary/aromatic N) is 3. The summed E-state index contributed by atoms with van der Waals surface area (Å²) < 4.78 is 5.10. The molecule has 1 N–H and O–H groups in total. The minimum absolute atomic E-state index is 0.102. The normalized spacial score (nSPS) is 14.6. The lowest BCUT2D eigenvalue weighted by atomic mass is 10.2. The number of para-hydroxylation sites is 2. The van der Waals surface area contributed by atoms with E-state index < -0.39 is 0 Å². The number of hydrogen-bond donors (Lipinski definition) is 1. The van der Waals surface area contributed by atoms with E-state index in [1.807, 2.05) is 9.80 Å². The molecule has 9 heteroatoms. The molecule has 28 heavy (non-hydrogen) atoms. The van der Waals surface area contributed by atoms with Gasteiger partial charge in [-0.1, -0.05) is 23.7 Å². The van der Waals surface area contributed by atoms with E-state index in [0.717, 1.165) is 0 Å². The third-order valence-electron chi connectivity index (χ3n) is 4.59. The fraction of sp³-hybridized carbons (Fsp3) is 0.316. The summed E-state index contributed by atoms with van der Waals surface area (Å²) in [6.07, 6.45) is 0. The van der Waals surface area contributed by atoms with Crippen LogP contribution in [0.5, 0.6) is 5.75 Å². The Morgan fingerprint density at radius 1 is 1.21 bits per heavy atom. The minimum Gasteiger partial charge on any atom is -0.495 e. The molecule has 8 nitrogen and oxygen atoms in total. The first kappa shape index (κ1) is 19.9. The van der Waals surface area contributed by atoms with Crippen LogP contribution in [0.2, 0.25) is 5.02 Å². The van der Waals surface area contributed by atoms with Crippen LogP contribution in [0.25, 0.3) is 0 Å². The Balaban J connectivity index is 1.54. The summed E-state index contributed by atoms with van der Waals surface area (Å²) >= 11 is 6.07. The average molecular weight is 405 g/mol. The van der Waals surface area contributed by atoms with E-state index in [4.69, 9.17) is 16.3 Å². The Hall–Kier alpha value is -2.84. The smallest absolute Gasteiger partial charge is 0.292 e. The van der Waals surface area contributed by atoms with Gasteiger partial charge in [0.15, 0.2) is 0 Å². The molecule has 0 atom stereocenters. The lowest BCUT2D eigenvalue weighted by Gasteiger charge is -2.35. The standard InChI is InChI=1S/C19H21ClN4O4/c1-28-18-7-6-14(12-15(18)20)21-19(25)13-22-8-10-23(11-9-22)16-4-2-3-5-17(16)24(26)27/h2-7,12H,8-11,13H2,1H3,(H,21,25). The fourth-order valence-electron chi connectivity index (χ4n) is 3.18. The molecule has 2 aromatic rings. The van der Waals surface area contributed by atoms with Crippen LogP contribution in [0.4, 0.5) is 17.1 Å². The molecule has 0 aliphatic carbocycles. The van der Waals surface area contributed by atoms with Crippen LogP contribution in [0.3, 0.4) is 0 Å². The highest BCUT2D eigenvalue weighted by molar-refractivity contribution is 6.32. The van der Waals surface area contributed by atoms with Gasteiger partial charge in [-0.3, -0.25) is 19.8 Å². The number of piperazine rings is 1. The molecule has 1 heterocycles. The van der Waals surface area contributed by atoms with Crippen molar-refractivity contribution in [3.8, 4) is 5.75 Å². The Kier molecular flexibility index (Phi) is 6.33. The summed E-state index contributed by atoms with van der Waals surface area (Å²) in [5, 5.41) is 14.5. The third kappa shape index (κ3) is 4.71. The molecule has 0 spiro atoms. The molecule has 1 aliphatic rings. The van der Waals surface area contributed by atoms with E-state index in [2.05, 4.69) is 5.32 Å². The number of ether oxygens (including phenoxy) is 1. The Morgan fingerprint density at radius 2 is 1.93 bits per heavy atom. The number of nitrogens with one attached hydrogen (secondary N) is 1. The molecule has 1 aliphatic heterocycles. The predicted octanol–water partition coefficient (Wildman–Crippen LogP) is 3.02. The zero-order chi connectivity index (χ0) is 20.1.